The third kappa shape index (κ3) is 2.94. The van der Waals surface area contributed by atoms with E-state index in [4.69, 9.17) is 0 Å². The molecule has 0 saturated heterocycles. The van der Waals surface area contributed by atoms with E-state index in [0.717, 1.165) is 24.8 Å². The Balaban J connectivity index is 2.24. The molecular formula is C17H23NO3. The molecule has 1 atom stereocenters. The molecule has 1 fully saturated rings. The van der Waals surface area contributed by atoms with Crippen molar-refractivity contribution in [2.24, 2.45) is 5.41 Å². The van der Waals surface area contributed by atoms with E-state index in [9.17, 15) is 14.7 Å². The van der Waals surface area contributed by atoms with Crippen molar-refractivity contribution in [3.05, 3.63) is 35.9 Å². The first-order valence-corrected chi connectivity index (χ1v) is 7.37. The first-order valence-electron chi connectivity index (χ1n) is 7.37. The van der Waals surface area contributed by atoms with Gasteiger partial charge in [0, 0.05) is 0 Å². The zero-order valence-corrected chi connectivity index (χ0v) is 12.8. The Labute approximate surface area is 125 Å². The third-order valence-corrected chi connectivity index (χ3v) is 4.36. The highest BCUT2D eigenvalue weighted by Gasteiger charge is 2.47. The molecule has 1 aromatic rings. The lowest BCUT2D eigenvalue weighted by Crippen LogP contribution is -2.57. The van der Waals surface area contributed by atoms with Crippen LogP contribution in [-0.4, -0.2) is 23.0 Å². The van der Waals surface area contributed by atoms with Gasteiger partial charge < -0.3 is 10.4 Å². The van der Waals surface area contributed by atoms with E-state index in [-0.39, 0.29) is 5.91 Å². The maximum atomic E-state index is 12.7. The SMILES string of the molecule is CC(C)(C)[C@@H](NC(=O)C1(c2ccccc2)CCC1)C(=O)O. The molecule has 1 aromatic carbocycles. The zero-order chi connectivity index (χ0) is 15.7. The summed E-state index contributed by atoms with van der Waals surface area (Å²) < 4.78 is 0. The molecule has 0 aliphatic heterocycles. The fourth-order valence-electron chi connectivity index (χ4n) is 2.85. The second-order valence-corrected chi connectivity index (χ2v) is 6.91. The summed E-state index contributed by atoms with van der Waals surface area (Å²) in [4.78, 5) is 24.2. The number of nitrogens with one attached hydrogen (secondary N) is 1. The van der Waals surface area contributed by atoms with Gasteiger partial charge in [-0.2, -0.15) is 0 Å². The number of rotatable bonds is 4. The number of carbonyl (C=O) groups is 2. The minimum absolute atomic E-state index is 0.165. The van der Waals surface area contributed by atoms with Gasteiger partial charge in [0.25, 0.3) is 0 Å². The first kappa shape index (κ1) is 15.5. The summed E-state index contributed by atoms with van der Waals surface area (Å²) in [5.41, 5.74) is -0.102. The van der Waals surface area contributed by atoms with Gasteiger partial charge in [-0.05, 0) is 23.8 Å². The lowest BCUT2D eigenvalue weighted by molar-refractivity contribution is -0.146. The molecule has 1 aliphatic rings. The van der Waals surface area contributed by atoms with Gasteiger partial charge in [0.2, 0.25) is 5.91 Å². The van der Waals surface area contributed by atoms with Crippen LogP contribution in [0.2, 0.25) is 0 Å². The van der Waals surface area contributed by atoms with Crippen LogP contribution >= 0.6 is 0 Å². The van der Waals surface area contributed by atoms with Gasteiger partial charge in [0.15, 0.2) is 0 Å². The first-order chi connectivity index (χ1) is 9.77. The van der Waals surface area contributed by atoms with Gasteiger partial charge in [-0.3, -0.25) is 4.79 Å². The van der Waals surface area contributed by atoms with E-state index in [1.165, 1.54) is 0 Å². The van der Waals surface area contributed by atoms with E-state index in [0.29, 0.717) is 0 Å². The highest BCUT2D eigenvalue weighted by Crippen LogP contribution is 2.44. The molecular weight excluding hydrogens is 266 g/mol. The van der Waals surface area contributed by atoms with Crippen molar-refractivity contribution in [2.45, 2.75) is 51.5 Å². The molecule has 0 radical (unpaired) electrons. The van der Waals surface area contributed by atoms with Crippen molar-refractivity contribution in [3.63, 3.8) is 0 Å². The molecule has 2 rings (SSSR count). The molecule has 1 saturated carbocycles. The number of aliphatic carboxylic acids is 1. The Morgan fingerprint density at radius 3 is 2.14 bits per heavy atom. The van der Waals surface area contributed by atoms with E-state index < -0.39 is 22.8 Å². The van der Waals surface area contributed by atoms with Crippen LogP contribution in [0.25, 0.3) is 0 Å². The van der Waals surface area contributed by atoms with E-state index in [1.807, 2.05) is 51.1 Å². The minimum Gasteiger partial charge on any atom is -0.480 e. The number of carboxylic acids is 1. The topological polar surface area (TPSA) is 66.4 Å². The van der Waals surface area contributed by atoms with Crippen LogP contribution in [0.15, 0.2) is 30.3 Å². The van der Waals surface area contributed by atoms with E-state index >= 15 is 0 Å². The van der Waals surface area contributed by atoms with Gasteiger partial charge in [-0.15, -0.1) is 0 Å². The monoisotopic (exact) mass is 289 g/mol. The fraction of sp³-hybridized carbons (Fsp3) is 0.529. The highest BCUT2D eigenvalue weighted by atomic mass is 16.4. The molecule has 4 heteroatoms. The normalized spacial score (nSPS) is 18.4. The molecule has 0 unspecified atom stereocenters. The Bertz CT molecular complexity index is 527. The van der Waals surface area contributed by atoms with Gasteiger partial charge in [0.1, 0.15) is 6.04 Å². The number of hydrogen-bond acceptors (Lipinski definition) is 2. The molecule has 0 aromatic heterocycles. The Morgan fingerprint density at radius 2 is 1.76 bits per heavy atom. The van der Waals surface area contributed by atoms with Crippen molar-refractivity contribution in [1.82, 2.24) is 5.32 Å². The van der Waals surface area contributed by atoms with E-state index in [2.05, 4.69) is 5.32 Å². The standard InChI is InChI=1S/C17H23NO3/c1-16(2,3)13(14(19)20)18-15(21)17(10-7-11-17)12-8-5-4-6-9-12/h4-6,8-9,13H,7,10-11H2,1-3H3,(H,18,21)(H,19,20)/t13-/m0/s1. The predicted octanol–water partition coefficient (Wildman–Crippen LogP) is 2.72. The summed E-state index contributed by atoms with van der Waals surface area (Å²) in [6.45, 7) is 5.46. The fourth-order valence-corrected chi connectivity index (χ4v) is 2.85. The number of carbonyl (C=O) groups excluding carboxylic acids is 1. The highest BCUT2D eigenvalue weighted by molar-refractivity contribution is 5.92. The summed E-state index contributed by atoms with van der Waals surface area (Å²) in [5.74, 6) is -1.15. The summed E-state index contributed by atoms with van der Waals surface area (Å²) in [7, 11) is 0. The third-order valence-electron chi connectivity index (χ3n) is 4.36. The van der Waals surface area contributed by atoms with Crippen molar-refractivity contribution >= 4 is 11.9 Å². The average Bonchev–Trinajstić information content (AvgIpc) is 2.34. The van der Waals surface area contributed by atoms with Gasteiger partial charge in [-0.1, -0.05) is 57.5 Å². The molecule has 1 amide bonds. The second-order valence-electron chi connectivity index (χ2n) is 6.91. The zero-order valence-electron chi connectivity index (χ0n) is 12.8. The van der Waals surface area contributed by atoms with Gasteiger partial charge >= 0.3 is 5.97 Å². The largest absolute Gasteiger partial charge is 0.480 e. The Kier molecular flexibility index (Phi) is 4.08. The Morgan fingerprint density at radius 1 is 1.19 bits per heavy atom. The average molecular weight is 289 g/mol. The number of amides is 1. The van der Waals surface area contributed by atoms with E-state index in [1.54, 1.807) is 0 Å². The smallest absolute Gasteiger partial charge is 0.326 e. The molecule has 114 valence electrons. The van der Waals surface area contributed by atoms with Crippen molar-refractivity contribution in [1.29, 1.82) is 0 Å². The van der Waals surface area contributed by atoms with Crippen LogP contribution in [0, 0.1) is 5.41 Å². The summed E-state index contributed by atoms with van der Waals surface area (Å²) >= 11 is 0. The maximum Gasteiger partial charge on any atom is 0.326 e. The van der Waals surface area contributed by atoms with Gasteiger partial charge in [0.05, 0.1) is 5.41 Å². The van der Waals surface area contributed by atoms with Crippen molar-refractivity contribution in [2.75, 3.05) is 0 Å². The predicted molar refractivity (Wildman–Crippen MR) is 81.0 cm³/mol. The molecule has 0 heterocycles. The number of hydrogen-bond donors (Lipinski definition) is 2. The molecule has 1 aliphatic carbocycles. The lowest BCUT2D eigenvalue weighted by atomic mass is 9.63. The van der Waals surface area contributed by atoms with Crippen LogP contribution < -0.4 is 5.32 Å². The van der Waals surface area contributed by atoms with Gasteiger partial charge in [-0.25, -0.2) is 4.79 Å². The van der Waals surface area contributed by atoms with Crippen molar-refractivity contribution < 1.29 is 14.7 Å². The summed E-state index contributed by atoms with van der Waals surface area (Å²) in [5, 5.41) is 12.1. The lowest BCUT2D eigenvalue weighted by Gasteiger charge is -2.42. The number of carboxylic acid groups (broad SMARTS) is 1. The summed E-state index contributed by atoms with van der Waals surface area (Å²) in [6, 6.07) is 8.77. The summed E-state index contributed by atoms with van der Waals surface area (Å²) in [6.07, 6.45) is 2.55. The maximum absolute atomic E-state index is 12.7. The molecule has 21 heavy (non-hydrogen) atoms. The van der Waals surface area contributed by atoms with Crippen LogP contribution in [0.1, 0.15) is 45.6 Å². The molecule has 0 bridgehead atoms. The Hall–Kier alpha value is -1.84. The van der Waals surface area contributed by atoms with Crippen LogP contribution in [0.3, 0.4) is 0 Å². The van der Waals surface area contributed by atoms with Crippen LogP contribution in [0.4, 0.5) is 0 Å². The molecule has 4 nitrogen and oxygen atoms in total. The minimum atomic E-state index is -0.988. The quantitative estimate of drug-likeness (QED) is 0.895. The molecule has 2 N–H and O–H groups in total. The second kappa shape index (κ2) is 5.51. The van der Waals surface area contributed by atoms with Crippen molar-refractivity contribution in [3.8, 4) is 0 Å². The van der Waals surface area contributed by atoms with Crippen LogP contribution in [-0.2, 0) is 15.0 Å². The molecule has 0 spiro atoms. The number of benzene rings is 1. The van der Waals surface area contributed by atoms with Crippen LogP contribution in [0.5, 0.6) is 0 Å².